The van der Waals surface area contributed by atoms with E-state index >= 15 is 0 Å². The molecule has 3 aromatic rings. The fourth-order valence-electron chi connectivity index (χ4n) is 3.60. The topological polar surface area (TPSA) is 71.8 Å². The highest BCUT2D eigenvalue weighted by Gasteiger charge is 2.37. The minimum absolute atomic E-state index is 0.0435. The third kappa shape index (κ3) is 3.94. The summed E-state index contributed by atoms with van der Waals surface area (Å²) in [6.45, 7) is 8.27. The van der Waals surface area contributed by atoms with Gasteiger partial charge in [0.05, 0.1) is 6.04 Å². The first-order chi connectivity index (χ1) is 14.5. The molecule has 2 aromatic carbocycles. The van der Waals surface area contributed by atoms with Gasteiger partial charge in [0.2, 0.25) is 11.1 Å². The Bertz CT molecular complexity index is 1060. The van der Waals surface area contributed by atoms with Gasteiger partial charge in [-0.05, 0) is 49.9 Å². The lowest BCUT2D eigenvalue weighted by Crippen LogP contribution is -2.41. The number of fused-ring (bicyclic) bond motifs is 1. The quantitative estimate of drug-likeness (QED) is 0.632. The molecule has 6 nitrogen and oxygen atoms in total. The third-order valence-electron chi connectivity index (χ3n) is 5.53. The summed E-state index contributed by atoms with van der Waals surface area (Å²) < 4.78 is 1.94. The van der Waals surface area contributed by atoms with Crippen LogP contribution in [0, 0.1) is 20.8 Å². The molecule has 0 unspecified atom stereocenters. The van der Waals surface area contributed by atoms with Gasteiger partial charge in [0.25, 0.3) is 0 Å². The van der Waals surface area contributed by atoms with E-state index in [4.69, 9.17) is 0 Å². The molecular weight excluding hydrogens is 394 g/mol. The first-order valence-corrected chi connectivity index (χ1v) is 11.2. The van der Waals surface area contributed by atoms with Crippen molar-refractivity contribution >= 4 is 23.4 Å². The Morgan fingerprint density at radius 1 is 1.13 bits per heavy atom. The SMILES string of the molecule is CCCc1nnc2n1N[C@H](c1ccc(C)cc1)[C@H](C(=O)Nc1cccc(C)c1C)S2. The molecule has 2 heterocycles. The molecule has 0 aliphatic carbocycles. The molecule has 0 saturated carbocycles. The highest BCUT2D eigenvalue weighted by molar-refractivity contribution is 8.00. The minimum atomic E-state index is -0.376. The van der Waals surface area contributed by atoms with E-state index in [0.29, 0.717) is 0 Å². The molecule has 0 saturated heterocycles. The lowest BCUT2D eigenvalue weighted by molar-refractivity contribution is -0.116. The molecule has 2 N–H and O–H groups in total. The number of amides is 1. The zero-order valence-corrected chi connectivity index (χ0v) is 18.6. The van der Waals surface area contributed by atoms with Crippen LogP contribution in [0.2, 0.25) is 0 Å². The second kappa shape index (κ2) is 8.52. The van der Waals surface area contributed by atoms with Crippen molar-refractivity contribution in [2.45, 2.75) is 57.0 Å². The smallest absolute Gasteiger partial charge is 0.240 e. The molecule has 1 aromatic heterocycles. The van der Waals surface area contributed by atoms with Crippen molar-refractivity contribution in [2.24, 2.45) is 0 Å². The third-order valence-corrected chi connectivity index (χ3v) is 6.75. The summed E-state index contributed by atoms with van der Waals surface area (Å²) in [5, 5.41) is 12.1. The number of hydrogen-bond acceptors (Lipinski definition) is 5. The molecule has 0 fully saturated rings. The Morgan fingerprint density at radius 3 is 2.63 bits per heavy atom. The lowest BCUT2D eigenvalue weighted by atomic mass is 10.0. The fraction of sp³-hybridized carbons (Fsp3) is 0.348. The van der Waals surface area contributed by atoms with Gasteiger partial charge in [0.15, 0.2) is 5.82 Å². The second-order valence-electron chi connectivity index (χ2n) is 7.78. The van der Waals surface area contributed by atoms with Gasteiger partial charge in [-0.1, -0.05) is 60.6 Å². The number of carbonyl (C=O) groups is 1. The number of aryl methyl sites for hydroxylation is 3. The van der Waals surface area contributed by atoms with Crippen LogP contribution in [0.25, 0.3) is 0 Å². The van der Waals surface area contributed by atoms with Gasteiger partial charge in [-0.3, -0.25) is 4.79 Å². The number of thioether (sulfide) groups is 1. The van der Waals surface area contributed by atoms with Crippen molar-refractivity contribution in [3.05, 3.63) is 70.5 Å². The van der Waals surface area contributed by atoms with E-state index < -0.39 is 0 Å². The van der Waals surface area contributed by atoms with Gasteiger partial charge in [-0.2, -0.15) is 0 Å². The number of rotatable bonds is 5. The summed E-state index contributed by atoms with van der Waals surface area (Å²) in [6.07, 6.45) is 1.82. The van der Waals surface area contributed by atoms with E-state index in [-0.39, 0.29) is 17.2 Å². The molecule has 0 bridgehead atoms. The summed E-state index contributed by atoms with van der Waals surface area (Å²) in [6, 6.07) is 14.1. The molecule has 0 spiro atoms. The maximum atomic E-state index is 13.4. The summed E-state index contributed by atoms with van der Waals surface area (Å²) in [7, 11) is 0. The highest BCUT2D eigenvalue weighted by atomic mass is 32.2. The Balaban J connectivity index is 1.68. The van der Waals surface area contributed by atoms with Crippen molar-refractivity contribution < 1.29 is 4.79 Å². The van der Waals surface area contributed by atoms with Crippen LogP contribution >= 0.6 is 11.8 Å². The number of nitrogens with zero attached hydrogens (tertiary/aromatic N) is 3. The van der Waals surface area contributed by atoms with Gasteiger partial charge in [-0.25, -0.2) is 4.68 Å². The predicted molar refractivity (Wildman–Crippen MR) is 121 cm³/mol. The van der Waals surface area contributed by atoms with Gasteiger partial charge in [-0.15, -0.1) is 10.2 Å². The summed E-state index contributed by atoms with van der Waals surface area (Å²) in [4.78, 5) is 13.4. The fourth-order valence-corrected chi connectivity index (χ4v) is 4.70. The van der Waals surface area contributed by atoms with E-state index in [2.05, 4.69) is 72.0 Å². The van der Waals surface area contributed by atoms with Crippen LogP contribution in [0.3, 0.4) is 0 Å². The number of carbonyl (C=O) groups excluding carboxylic acids is 1. The van der Waals surface area contributed by atoms with Crippen LogP contribution in [0.1, 0.15) is 47.5 Å². The maximum Gasteiger partial charge on any atom is 0.240 e. The van der Waals surface area contributed by atoms with Gasteiger partial charge < -0.3 is 10.7 Å². The van der Waals surface area contributed by atoms with Gasteiger partial charge in [0.1, 0.15) is 5.25 Å². The first-order valence-electron chi connectivity index (χ1n) is 10.3. The van der Waals surface area contributed by atoms with E-state index in [0.717, 1.165) is 46.2 Å². The zero-order valence-electron chi connectivity index (χ0n) is 17.8. The van der Waals surface area contributed by atoms with E-state index in [1.807, 2.05) is 23.7 Å². The molecule has 7 heteroatoms. The molecule has 1 amide bonds. The second-order valence-corrected chi connectivity index (χ2v) is 8.89. The van der Waals surface area contributed by atoms with Crippen LogP contribution in [-0.4, -0.2) is 26.0 Å². The van der Waals surface area contributed by atoms with Gasteiger partial charge in [0, 0.05) is 12.1 Å². The molecule has 2 atom stereocenters. The monoisotopic (exact) mass is 421 g/mol. The minimum Gasteiger partial charge on any atom is -0.325 e. The van der Waals surface area contributed by atoms with Crippen LogP contribution in [0.5, 0.6) is 0 Å². The van der Waals surface area contributed by atoms with Crippen molar-refractivity contribution in [1.29, 1.82) is 0 Å². The van der Waals surface area contributed by atoms with Gasteiger partial charge >= 0.3 is 0 Å². The zero-order chi connectivity index (χ0) is 21.3. The Kier molecular flexibility index (Phi) is 5.81. The molecule has 1 aliphatic rings. The molecule has 0 radical (unpaired) electrons. The average Bonchev–Trinajstić information content (AvgIpc) is 3.13. The number of nitrogens with one attached hydrogen (secondary N) is 2. The number of anilines is 1. The predicted octanol–water partition coefficient (Wildman–Crippen LogP) is 4.55. The first kappa shape index (κ1) is 20.5. The molecule has 156 valence electrons. The van der Waals surface area contributed by atoms with Crippen LogP contribution in [0.4, 0.5) is 5.69 Å². The van der Waals surface area contributed by atoms with E-state index in [1.165, 1.54) is 17.3 Å². The standard InChI is InChI=1S/C23H27N5OS/c1-5-7-19-25-26-23-28(19)27-20(17-12-10-14(2)11-13-17)21(30-23)22(29)24-18-9-6-8-15(3)16(18)4/h6,8-13,20-21,27H,5,7H2,1-4H3,(H,24,29)/t20-,21-/m1/s1. The van der Waals surface area contributed by atoms with E-state index in [1.54, 1.807) is 0 Å². The molecule has 30 heavy (non-hydrogen) atoms. The number of benzene rings is 2. The van der Waals surface area contributed by atoms with Crippen molar-refractivity contribution in [3.63, 3.8) is 0 Å². The van der Waals surface area contributed by atoms with Crippen molar-refractivity contribution in [1.82, 2.24) is 14.9 Å². The van der Waals surface area contributed by atoms with Crippen molar-refractivity contribution in [2.75, 3.05) is 10.7 Å². The molecular formula is C23H27N5OS. The van der Waals surface area contributed by atoms with Crippen molar-refractivity contribution in [3.8, 4) is 0 Å². The number of hydrogen-bond donors (Lipinski definition) is 2. The summed E-state index contributed by atoms with van der Waals surface area (Å²) >= 11 is 1.46. The normalized spacial score (nSPS) is 17.9. The largest absolute Gasteiger partial charge is 0.325 e. The Morgan fingerprint density at radius 2 is 1.90 bits per heavy atom. The average molecular weight is 422 g/mol. The van der Waals surface area contributed by atoms with Crippen LogP contribution in [0.15, 0.2) is 47.6 Å². The molecule has 4 rings (SSSR count). The maximum absolute atomic E-state index is 13.4. The van der Waals surface area contributed by atoms with Crippen LogP contribution < -0.4 is 10.7 Å². The summed E-state index contributed by atoms with van der Waals surface area (Å²) in [5.74, 6) is 0.851. The molecule has 1 aliphatic heterocycles. The highest BCUT2D eigenvalue weighted by Crippen LogP contribution is 2.38. The Labute approximate surface area is 181 Å². The summed E-state index contributed by atoms with van der Waals surface area (Å²) in [5.41, 5.74) is 8.86. The number of aromatic nitrogens is 3. The lowest BCUT2D eigenvalue weighted by Gasteiger charge is -2.33. The van der Waals surface area contributed by atoms with E-state index in [9.17, 15) is 4.79 Å². The van der Waals surface area contributed by atoms with Crippen LogP contribution in [-0.2, 0) is 11.2 Å². The Hall–Kier alpha value is -2.80.